The summed E-state index contributed by atoms with van der Waals surface area (Å²) >= 11 is 0. The van der Waals surface area contributed by atoms with Crippen LogP contribution < -0.4 is 10.9 Å². The van der Waals surface area contributed by atoms with Gasteiger partial charge in [0, 0.05) is 29.8 Å². The van der Waals surface area contributed by atoms with Crippen LogP contribution in [0, 0.1) is 0 Å². The molecule has 26 heavy (non-hydrogen) atoms. The smallest absolute Gasteiger partial charge is 0.250 e. The third kappa shape index (κ3) is 3.17. The number of anilines is 1. The maximum Gasteiger partial charge on any atom is 0.250 e. The molecule has 134 valence electrons. The van der Waals surface area contributed by atoms with E-state index in [0.717, 1.165) is 35.8 Å². The molecule has 5 heteroatoms. The summed E-state index contributed by atoms with van der Waals surface area (Å²) in [6.07, 6.45) is 7.88. The van der Waals surface area contributed by atoms with Crippen LogP contribution >= 0.6 is 0 Å². The van der Waals surface area contributed by atoms with Crippen LogP contribution in [-0.4, -0.2) is 10.5 Å². The minimum absolute atomic E-state index is 0.0560. The van der Waals surface area contributed by atoms with E-state index in [9.17, 15) is 9.59 Å². The van der Waals surface area contributed by atoms with E-state index in [1.54, 1.807) is 23.1 Å². The molecule has 1 aliphatic carbocycles. The summed E-state index contributed by atoms with van der Waals surface area (Å²) in [6, 6.07) is 7.42. The van der Waals surface area contributed by atoms with Gasteiger partial charge < -0.3 is 14.3 Å². The largest absolute Gasteiger partial charge is 0.464 e. The van der Waals surface area contributed by atoms with E-state index in [0.29, 0.717) is 12.2 Å². The second-order valence-corrected chi connectivity index (χ2v) is 6.91. The Labute approximate surface area is 151 Å². The molecular formula is C21H22N2O3. The Balaban J connectivity index is 1.53. The number of hydrogen-bond donors (Lipinski definition) is 1. The SMILES string of the molecule is CCCn1cc(NC(=O)Cc2coc3cc4c(cc23)CCC4)ccc1=O. The molecule has 4 rings (SSSR count). The predicted octanol–water partition coefficient (Wildman–Crippen LogP) is 3.67. The number of benzene rings is 1. The van der Waals surface area contributed by atoms with Crippen LogP contribution in [0.5, 0.6) is 0 Å². The van der Waals surface area contributed by atoms with E-state index >= 15 is 0 Å². The number of furan rings is 1. The summed E-state index contributed by atoms with van der Waals surface area (Å²) in [5.41, 5.74) is 5.06. The highest BCUT2D eigenvalue weighted by molar-refractivity contribution is 5.95. The first-order valence-corrected chi connectivity index (χ1v) is 9.16. The molecule has 0 atom stereocenters. The fourth-order valence-electron chi connectivity index (χ4n) is 3.68. The molecule has 1 aliphatic rings. The summed E-state index contributed by atoms with van der Waals surface area (Å²) < 4.78 is 7.28. The van der Waals surface area contributed by atoms with Crippen molar-refractivity contribution in [2.75, 3.05) is 5.32 Å². The van der Waals surface area contributed by atoms with Crippen molar-refractivity contribution in [2.24, 2.45) is 0 Å². The number of fused-ring (bicyclic) bond motifs is 2. The summed E-state index contributed by atoms with van der Waals surface area (Å²) in [7, 11) is 0. The number of hydrogen-bond acceptors (Lipinski definition) is 3. The number of nitrogens with zero attached hydrogens (tertiary/aromatic N) is 1. The Bertz CT molecular complexity index is 1030. The molecule has 5 nitrogen and oxygen atoms in total. The number of aryl methyl sites for hydroxylation is 3. The molecule has 1 amide bonds. The van der Waals surface area contributed by atoms with Gasteiger partial charge in [0.2, 0.25) is 5.91 Å². The third-order valence-electron chi connectivity index (χ3n) is 4.95. The number of pyridine rings is 1. The van der Waals surface area contributed by atoms with Gasteiger partial charge in [0.05, 0.1) is 18.4 Å². The quantitative estimate of drug-likeness (QED) is 0.763. The number of rotatable bonds is 5. The van der Waals surface area contributed by atoms with Gasteiger partial charge in [0.15, 0.2) is 0 Å². The highest BCUT2D eigenvalue weighted by Crippen LogP contribution is 2.30. The van der Waals surface area contributed by atoms with Crippen molar-refractivity contribution in [1.82, 2.24) is 4.57 Å². The Morgan fingerprint density at radius 1 is 1.23 bits per heavy atom. The predicted molar refractivity (Wildman–Crippen MR) is 102 cm³/mol. The summed E-state index contributed by atoms with van der Waals surface area (Å²) in [6.45, 7) is 2.65. The van der Waals surface area contributed by atoms with Crippen molar-refractivity contribution in [2.45, 2.75) is 45.6 Å². The van der Waals surface area contributed by atoms with E-state index in [1.807, 2.05) is 6.92 Å². The molecule has 2 aromatic heterocycles. The minimum atomic E-state index is -0.116. The van der Waals surface area contributed by atoms with Gasteiger partial charge in [-0.2, -0.15) is 0 Å². The summed E-state index contributed by atoms with van der Waals surface area (Å²) in [5.74, 6) is -0.116. The van der Waals surface area contributed by atoms with Gasteiger partial charge in [-0.05, 0) is 55.0 Å². The van der Waals surface area contributed by atoms with Crippen LogP contribution in [0.3, 0.4) is 0 Å². The molecular weight excluding hydrogens is 328 g/mol. The number of aromatic nitrogens is 1. The monoisotopic (exact) mass is 350 g/mol. The fraction of sp³-hybridized carbons (Fsp3) is 0.333. The van der Waals surface area contributed by atoms with Crippen molar-refractivity contribution in [3.8, 4) is 0 Å². The Hall–Kier alpha value is -2.82. The highest BCUT2D eigenvalue weighted by atomic mass is 16.3. The first-order chi connectivity index (χ1) is 12.6. The molecule has 0 radical (unpaired) electrons. The zero-order chi connectivity index (χ0) is 18.1. The van der Waals surface area contributed by atoms with Gasteiger partial charge in [-0.25, -0.2) is 0 Å². The van der Waals surface area contributed by atoms with Gasteiger partial charge >= 0.3 is 0 Å². The van der Waals surface area contributed by atoms with Crippen molar-refractivity contribution < 1.29 is 9.21 Å². The maximum absolute atomic E-state index is 12.5. The van der Waals surface area contributed by atoms with Crippen LogP contribution in [0.1, 0.15) is 36.5 Å². The fourth-order valence-corrected chi connectivity index (χ4v) is 3.68. The van der Waals surface area contributed by atoms with Gasteiger partial charge in [-0.3, -0.25) is 9.59 Å². The zero-order valence-corrected chi connectivity index (χ0v) is 14.9. The first kappa shape index (κ1) is 16.6. The Morgan fingerprint density at radius 3 is 2.85 bits per heavy atom. The van der Waals surface area contributed by atoms with Crippen molar-refractivity contribution in [3.05, 3.63) is 63.8 Å². The van der Waals surface area contributed by atoms with Crippen LogP contribution in [0.15, 0.2) is 45.9 Å². The van der Waals surface area contributed by atoms with Crippen LogP contribution in [0.25, 0.3) is 11.0 Å². The van der Waals surface area contributed by atoms with Crippen molar-refractivity contribution >= 4 is 22.6 Å². The molecule has 0 bridgehead atoms. The van der Waals surface area contributed by atoms with Crippen molar-refractivity contribution in [1.29, 1.82) is 0 Å². The van der Waals surface area contributed by atoms with Crippen LogP contribution in [0.2, 0.25) is 0 Å². The molecule has 2 heterocycles. The number of nitrogens with one attached hydrogen (secondary N) is 1. The van der Waals surface area contributed by atoms with Crippen LogP contribution in [0.4, 0.5) is 5.69 Å². The molecule has 1 N–H and O–H groups in total. The molecule has 0 saturated carbocycles. The number of carbonyl (C=O) groups excluding carboxylic acids is 1. The Kier molecular flexibility index (Phi) is 4.37. The highest BCUT2D eigenvalue weighted by Gasteiger charge is 2.17. The van der Waals surface area contributed by atoms with Gasteiger partial charge in [0.25, 0.3) is 5.56 Å². The molecule has 0 aliphatic heterocycles. The lowest BCUT2D eigenvalue weighted by Crippen LogP contribution is -2.21. The van der Waals surface area contributed by atoms with E-state index in [2.05, 4.69) is 17.4 Å². The standard InChI is InChI=1S/C21H22N2O3/c1-2-8-23-12-17(6-7-21(23)25)22-20(24)11-16-13-26-19-10-15-5-3-4-14(15)9-18(16)19/h6-7,9-10,12-13H,2-5,8,11H2,1H3,(H,22,24). The van der Waals surface area contributed by atoms with E-state index in [-0.39, 0.29) is 17.9 Å². The molecule has 0 fully saturated rings. The first-order valence-electron chi connectivity index (χ1n) is 9.16. The maximum atomic E-state index is 12.5. The zero-order valence-electron chi connectivity index (χ0n) is 14.9. The molecule has 0 saturated heterocycles. The van der Waals surface area contributed by atoms with Crippen molar-refractivity contribution in [3.63, 3.8) is 0 Å². The van der Waals surface area contributed by atoms with Gasteiger partial charge in [0.1, 0.15) is 5.58 Å². The third-order valence-corrected chi connectivity index (χ3v) is 4.95. The lowest BCUT2D eigenvalue weighted by atomic mass is 10.0. The summed E-state index contributed by atoms with van der Waals surface area (Å²) in [5, 5.41) is 3.91. The second kappa shape index (κ2) is 6.83. The molecule has 1 aromatic carbocycles. The number of amides is 1. The van der Waals surface area contributed by atoms with Crippen LogP contribution in [-0.2, 0) is 30.6 Å². The van der Waals surface area contributed by atoms with E-state index in [1.165, 1.54) is 23.6 Å². The minimum Gasteiger partial charge on any atom is -0.464 e. The normalized spacial score (nSPS) is 13.1. The van der Waals surface area contributed by atoms with E-state index in [4.69, 9.17) is 4.42 Å². The van der Waals surface area contributed by atoms with Gasteiger partial charge in [-0.1, -0.05) is 6.92 Å². The molecule has 0 spiro atoms. The average molecular weight is 350 g/mol. The summed E-state index contributed by atoms with van der Waals surface area (Å²) in [4.78, 5) is 24.3. The second-order valence-electron chi connectivity index (χ2n) is 6.91. The molecule has 3 aromatic rings. The van der Waals surface area contributed by atoms with Gasteiger partial charge in [-0.15, -0.1) is 0 Å². The lowest BCUT2D eigenvalue weighted by molar-refractivity contribution is -0.115. The van der Waals surface area contributed by atoms with E-state index < -0.39 is 0 Å². The number of carbonyl (C=O) groups is 1. The average Bonchev–Trinajstić information content (AvgIpc) is 3.23. The topological polar surface area (TPSA) is 64.2 Å². The Morgan fingerprint density at radius 2 is 2.04 bits per heavy atom. The lowest BCUT2D eigenvalue weighted by Gasteiger charge is -2.08. The molecule has 0 unspecified atom stereocenters.